The molecule has 1 aromatic rings. The summed E-state index contributed by atoms with van der Waals surface area (Å²) < 4.78 is 7.34. The fraction of sp³-hybridized carbons (Fsp3) is 0.786. The van der Waals surface area contributed by atoms with Crippen molar-refractivity contribution >= 4 is 0 Å². The van der Waals surface area contributed by atoms with Gasteiger partial charge in [0.2, 0.25) is 0 Å². The van der Waals surface area contributed by atoms with Gasteiger partial charge < -0.3 is 10.1 Å². The van der Waals surface area contributed by atoms with E-state index in [2.05, 4.69) is 37.3 Å². The lowest BCUT2D eigenvalue weighted by atomic mass is 9.97. The maximum Gasteiger partial charge on any atom is 0.0793 e. The van der Waals surface area contributed by atoms with E-state index in [9.17, 15) is 0 Å². The van der Waals surface area contributed by atoms with Gasteiger partial charge in [0.25, 0.3) is 0 Å². The minimum absolute atomic E-state index is 0.0685. The Labute approximate surface area is 111 Å². The van der Waals surface area contributed by atoms with Gasteiger partial charge in [0, 0.05) is 20.4 Å². The van der Waals surface area contributed by atoms with Crippen LogP contribution in [0.5, 0.6) is 0 Å². The molecule has 0 bridgehead atoms. The molecule has 1 heterocycles. The predicted octanol–water partition coefficient (Wildman–Crippen LogP) is 2.67. The zero-order valence-corrected chi connectivity index (χ0v) is 12.4. The average Bonchev–Trinajstić information content (AvgIpc) is 2.76. The van der Waals surface area contributed by atoms with Crippen LogP contribution >= 0.6 is 0 Å². The quantitative estimate of drug-likeness (QED) is 0.774. The van der Waals surface area contributed by atoms with Crippen LogP contribution in [-0.2, 0) is 11.8 Å². The number of nitrogens with one attached hydrogen (secondary N) is 1. The van der Waals surface area contributed by atoms with Gasteiger partial charge in [-0.1, -0.05) is 6.92 Å². The summed E-state index contributed by atoms with van der Waals surface area (Å²) in [4.78, 5) is 0. The highest BCUT2D eigenvalue weighted by Gasteiger charge is 2.21. The van der Waals surface area contributed by atoms with E-state index < -0.39 is 0 Å². The maximum atomic E-state index is 5.48. The molecule has 0 aliphatic heterocycles. The third-order valence-electron chi connectivity index (χ3n) is 3.32. The summed E-state index contributed by atoms with van der Waals surface area (Å²) in [6, 6.07) is 2.41. The molecule has 1 N–H and O–H groups in total. The molecule has 104 valence electrons. The Morgan fingerprint density at radius 3 is 2.72 bits per heavy atom. The molecule has 0 amide bonds. The van der Waals surface area contributed by atoms with Crippen molar-refractivity contribution in [1.29, 1.82) is 0 Å². The van der Waals surface area contributed by atoms with Crippen LogP contribution in [0, 0.1) is 0 Å². The van der Waals surface area contributed by atoms with E-state index >= 15 is 0 Å². The van der Waals surface area contributed by atoms with Gasteiger partial charge in [-0.25, -0.2) is 0 Å². The van der Waals surface area contributed by atoms with Crippen molar-refractivity contribution < 1.29 is 4.74 Å². The summed E-state index contributed by atoms with van der Waals surface area (Å²) in [5, 5.41) is 8.07. The summed E-state index contributed by atoms with van der Waals surface area (Å²) in [5.41, 5.74) is 1.05. The van der Waals surface area contributed by atoms with Gasteiger partial charge in [0.05, 0.1) is 17.3 Å². The van der Waals surface area contributed by atoms with E-state index in [1.54, 1.807) is 7.11 Å². The van der Waals surface area contributed by atoms with Gasteiger partial charge >= 0.3 is 0 Å². The Balaban J connectivity index is 2.61. The molecule has 4 nitrogen and oxygen atoms in total. The highest BCUT2D eigenvalue weighted by molar-refractivity contribution is 5.05. The predicted molar refractivity (Wildman–Crippen MR) is 74.6 cm³/mol. The Morgan fingerprint density at radius 2 is 2.22 bits per heavy atom. The minimum atomic E-state index is -0.0685. The second-order valence-electron chi connectivity index (χ2n) is 5.42. The molecule has 1 aromatic heterocycles. The van der Waals surface area contributed by atoms with E-state index in [-0.39, 0.29) is 5.60 Å². The van der Waals surface area contributed by atoms with Crippen LogP contribution in [0.1, 0.15) is 51.8 Å². The molecule has 1 unspecified atom stereocenters. The monoisotopic (exact) mass is 253 g/mol. The average molecular weight is 253 g/mol. The van der Waals surface area contributed by atoms with E-state index in [0.717, 1.165) is 31.5 Å². The molecule has 0 spiro atoms. The van der Waals surface area contributed by atoms with Crippen LogP contribution in [0.15, 0.2) is 12.3 Å². The number of aromatic nitrogens is 2. The fourth-order valence-electron chi connectivity index (χ4n) is 1.89. The van der Waals surface area contributed by atoms with Crippen LogP contribution in [-0.4, -0.2) is 29.0 Å². The molecule has 0 saturated heterocycles. The second-order valence-corrected chi connectivity index (χ2v) is 5.42. The van der Waals surface area contributed by atoms with E-state index in [1.807, 2.05) is 17.9 Å². The number of aryl methyl sites for hydroxylation is 1. The molecule has 1 atom stereocenters. The van der Waals surface area contributed by atoms with Crippen molar-refractivity contribution in [1.82, 2.24) is 15.1 Å². The first-order chi connectivity index (χ1) is 8.48. The smallest absolute Gasteiger partial charge is 0.0793 e. The summed E-state index contributed by atoms with van der Waals surface area (Å²) in [6.45, 7) is 7.46. The molecule has 0 aromatic carbocycles. The van der Waals surface area contributed by atoms with Crippen molar-refractivity contribution in [2.45, 2.75) is 51.7 Å². The fourth-order valence-corrected chi connectivity index (χ4v) is 1.89. The number of ether oxygens (including phenoxy) is 1. The lowest BCUT2D eigenvalue weighted by Crippen LogP contribution is -2.28. The lowest BCUT2D eigenvalue weighted by molar-refractivity contribution is 0.0116. The van der Waals surface area contributed by atoms with Crippen LogP contribution in [0.2, 0.25) is 0 Å². The van der Waals surface area contributed by atoms with Crippen molar-refractivity contribution in [3.8, 4) is 0 Å². The molecule has 0 fully saturated rings. The minimum Gasteiger partial charge on any atom is -0.379 e. The van der Waals surface area contributed by atoms with Gasteiger partial charge in [-0.2, -0.15) is 5.10 Å². The summed E-state index contributed by atoms with van der Waals surface area (Å²) in [7, 11) is 3.73. The van der Waals surface area contributed by atoms with Crippen LogP contribution < -0.4 is 5.32 Å². The van der Waals surface area contributed by atoms with Crippen LogP contribution in [0.3, 0.4) is 0 Å². The van der Waals surface area contributed by atoms with E-state index in [0.29, 0.717) is 6.04 Å². The molecule has 0 aliphatic rings. The molecule has 0 saturated carbocycles. The third-order valence-corrected chi connectivity index (χ3v) is 3.32. The Bertz CT molecular complexity index is 347. The van der Waals surface area contributed by atoms with Crippen molar-refractivity contribution in [2.75, 3.05) is 13.7 Å². The van der Waals surface area contributed by atoms with Crippen molar-refractivity contribution in [2.24, 2.45) is 7.05 Å². The van der Waals surface area contributed by atoms with Crippen LogP contribution in [0.4, 0.5) is 0 Å². The number of rotatable bonds is 8. The zero-order chi connectivity index (χ0) is 13.6. The SMILES string of the molecule is CCCNC(CCC(C)(C)OC)c1ccn(C)n1. The number of nitrogens with zero attached hydrogens (tertiary/aromatic N) is 2. The van der Waals surface area contributed by atoms with E-state index in [1.165, 1.54) is 0 Å². The molecular formula is C14H27N3O. The molecule has 0 radical (unpaired) electrons. The normalized spacial score (nSPS) is 13.8. The van der Waals surface area contributed by atoms with Crippen LogP contribution in [0.25, 0.3) is 0 Å². The number of methoxy groups -OCH3 is 1. The zero-order valence-electron chi connectivity index (χ0n) is 12.4. The third kappa shape index (κ3) is 4.78. The van der Waals surface area contributed by atoms with Gasteiger partial charge in [-0.3, -0.25) is 4.68 Å². The molecule has 0 aliphatic carbocycles. The lowest BCUT2D eigenvalue weighted by Gasteiger charge is -2.25. The van der Waals surface area contributed by atoms with Crippen molar-refractivity contribution in [3.63, 3.8) is 0 Å². The van der Waals surface area contributed by atoms with E-state index in [4.69, 9.17) is 4.74 Å². The second kappa shape index (κ2) is 6.90. The van der Waals surface area contributed by atoms with Crippen molar-refractivity contribution in [3.05, 3.63) is 18.0 Å². The molecule has 1 rings (SSSR count). The Kier molecular flexibility index (Phi) is 5.82. The Hall–Kier alpha value is -0.870. The summed E-state index contributed by atoms with van der Waals surface area (Å²) in [6.07, 6.45) is 5.19. The summed E-state index contributed by atoms with van der Waals surface area (Å²) >= 11 is 0. The standard InChI is InChI=1S/C14H27N3O/c1-6-10-15-12(7-9-14(2,3)18-5)13-8-11-17(4)16-13/h8,11-12,15H,6-7,9-10H2,1-5H3. The number of hydrogen-bond donors (Lipinski definition) is 1. The molecule has 18 heavy (non-hydrogen) atoms. The molecule has 4 heteroatoms. The van der Waals surface area contributed by atoms with Gasteiger partial charge in [0.15, 0.2) is 0 Å². The largest absolute Gasteiger partial charge is 0.379 e. The van der Waals surface area contributed by atoms with Gasteiger partial charge in [0.1, 0.15) is 0 Å². The maximum absolute atomic E-state index is 5.48. The highest BCUT2D eigenvalue weighted by atomic mass is 16.5. The first-order valence-electron chi connectivity index (χ1n) is 6.76. The highest BCUT2D eigenvalue weighted by Crippen LogP contribution is 2.23. The van der Waals surface area contributed by atoms with Gasteiger partial charge in [-0.05, 0) is 45.7 Å². The summed E-state index contributed by atoms with van der Waals surface area (Å²) in [5.74, 6) is 0. The number of hydrogen-bond acceptors (Lipinski definition) is 3. The van der Waals surface area contributed by atoms with Gasteiger partial charge in [-0.15, -0.1) is 0 Å². The first kappa shape index (κ1) is 15.2. The Morgan fingerprint density at radius 1 is 1.50 bits per heavy atom. The first-order valence-corrected chi connectivity index (χ1v) is 6.76. The molecular weight excluding hydrogens is 226 g/mol. The topological polar surface area (TPSA) is 39.1 Å².